The molecule has 0 atom stereocenters. The van der Waals surface area contributed by atoms with E-state index >= 15 is 0 Å². The highest BCUT2D eigenvalue weighted by Gasteiger charge is 1.97. The molecule has 0 aliphatic heterocycles. The maximum atomic E-state index is 3.74. The summed E-state index contributed by atoms with van der Waals surface area (Å²) in [5.74, 6) is 0. The normalized spacial score (nSPS) is 8.30. The van der Waals surface area contributed by atoms with Crippen LogP contribution in [0.2, 0.25) is 0 Å². The minimum Gasteiger partial charge on any atom is -0.269 e. The molecule has 0 unspecified atom stereocenters. The van der Waals surface area contributed by atoms with Crippen LogP contribution in [0.25, 0.3) is 0 Å². The highest BCUT2D eigenvalue weighted by Crippen LogP contribution is 2.07. The van der Waals surface area contributed by atoms with Crippen molar-refractivity contribution >= 4 is 6.72 Å². The van der Waals surface area contributed by atoms with Gasteiger partial charge in [-0.25, -0.2) is 0 Å². The van der Waals surface area contributed by atoms with Crippen molar-refractivity contribution in [1.82, 2.24) is 5.01 Å². The molecule has 0 spiro atoms. The number of allylic oxidation sites excluding steroid dienone is 2. The lowest BCUT2D eigenvalue weighted by Crippen LogP contribution is -2.08. The Morgan fingerprint density at radius 3 is 2.10 bits per heavy atom. The van der Waals surface area contributed by atoms with E-state index < -0.39 is 0 Å². The van der Waals surface area contributed by atoms with E-state index in [2.05, 4.69) is 18.4 Å². The van der Waals surface area contributed by atoms with Crippen LogP contribution in [0.15, 0.2) is 29.0 Å². The van der Waals surface area contributed by atoms with Crippen LogP contribution in [0.3, 0.4) is 0 Å². The van der Waals surface area contributed by atoms with Gasteiger partial charge in [0.15, 0.2) is 0 Å². The van der Waals surface area contributed by atoms with Gasteiger partial charge in [0.1, 0.15) is 0 Å². The van der Waals surface area contributed by atoms with Crippen molar-refractivity contribution in [3.63, 3.8) is 0 Å². The van der Waals surface area contributed by atoms with Gasteiger partial charge in [-0.05, 0) is 19.9 Å². The number of hydrogen-bond acceptors (Lipinski definition) is 2. The van der Waals surface area contributed by atoms with Crippen molar-refractivity contribution in [2.45, 2.75) is 13.8 Å². The summed E-state index contributed by atoms with van der Waals surface area (Å²) in [6.07, 6.45) is 1.77. The number of rotatable bonds is 3. The molecule has 0 bridgehead atoms. The number of hydrogen-bond donors (Lipinski definition) is 0. The van der Waals surface area contributed by atoms with Crippen LogP contribution < -0.4 is 0 Å². The van der Waals surface area contributed by atoms with Crippen molar-refractivity contribution < 1.29 is 0 Å². The molecule has 2 heteroatoms. The molecule has 0 aromatic carbocycles. The molecule has 0 aromatic heterocycles. The lowest BCUT2D eigenvalue weighted by atomic mass is 10.2. The smallest absolute Gasteiger partial charge is 0.0570 e. The average Bonchev–Trinajstić information content (AvgIpc) is 1.88. The summed E-state index contributed by atoms with van der Waals surface area (Å²) in [6.45, 7) is 11.1. The Hall–Kier alpha value is -1.05. The minimum atomic E-state index is 1.01. The molecule has 0 aliphatic carbocycles. The predicted octanol–water partition coefficient (Wildman–Crippen LogP) is 2.01. The lowest BCUT2D eigenvalue weighted by Gasteiger charge is -2.14. The Morgan fingerprint density at radius 1 is 1.50 bits per heavy atom. The van der Waals surface area contributed by atoms with Crippen molar-refractivity contribution in [1.29, 1.82) is 0 Å². The average molecular weight is 138 g/mol. The molecule has 0 radical (unpaired) electrons. The Bertz CT molecular complexity index is 164. The van der Waals surface area contributed by atoms with Crippen molar-refractivity contribution in [3.05, 3.63) is 23.9 Å². The Kier molecular flexibility index (Phi) is 3.47. The minimum absolute atomic E-state index is 1.01. The molecule has 0 aliphatic rings. The molecule has 0 saturated carbocycles. The molecule has 0 N–H and O–H groups in total. The first-order chi connectivity index (χ1) is 4.63. The van der Waals surface area contributed by atoms with Crippen molar-refractivity contribution in [2.75, 3.05) is 7.05 Å². The third-order valence-corrected chi connectivity index (χ3v) is 1.27. The molecule has 0 saturated heterocycles. The zero-order chi connectivity index (χ0) is 8.15. The van der Waals surface area contributed by atoms with E-state index in [-0.39, 0.29) is 0 Å². The molecule has 0 heterocycles. The molecule has 0 amide bonds. The highest BCUT2D eigenvalue weighted by atomic mass is 15.4. The third kappa shape index (κ3) is 2.05. The van der Waals surface area contributed by atoms with Crippen molar-refractivity contribution in [2.24, 2.45) is 5.10 Å². The van der Waals surface area contributed by atoms with Gasteiger partial charge in [-0.1, -0.05) is 12.2 Å². The number of likely N-dealkylation sites (N-methyl/N-ethyl adjacent to an activating group) is 1. The Morgan fingerprint density at radius 2 is 2.00 bits per heavy atom. The summed E-state index contributed by atoms with van der Waals surface area (Å²) in [7, 11) is 1.84. The van der Waals surface area contributed by atoms with Crippen molar-refractivity contribution in [3.8, 4) is 0 Å². The fourth-order valence-electron chi connectivity index (χ4n) is 0.736. The molecular formula is C8H14N2. The van der Waals surface area contributed by atoms with E-state index in [1.54, 1.807) is 11.1 Å². The Balaban J connectivity index is 4.51. The molecule has 0 rings (SSSR count). The summed E-state index contributed by atoms with van der Waals surface area (Å²) >= 11 is 0. The van der Waals surface area contributed by atoms with E-state index in [4.69, 9.17) is 0 Å². The summed E-state index contributed by atoms with van der Waals surface area (Å²) < 4.78 is 0. The third-order valence-electron chi connectivity index (χ3n) is 1.27. The monoisotopic (exact) mass is 138 g/mol. The maximum Gasteiger partial charge on any atom is 0.0570 e. The second-order valence-electron chi connectivity index (χ2n) is 2.25. The van der Waals surface area contributed by atoms with Gasteiger partial charge in [0.2, 0.25) is 0 Å². The van der Waals surface area contributed by atoms with Gasteiger partial charge in [-0.15, -0.1) is 0 Å². The lowest BCUT2D eigenvalue weighted by molar-refractivity contribution is 0.460. The van der Waals surface area contributed by atoms with Crippen LogP contribution in [0.4, 0.5) is 0 Å². The summed E-state index contributed by atoms with van der Waals surface area (Å²) in [5.41, 5.74) is 2.19. The maximum absolute atomic E-state index is 3.74. The second-order valence-corrected chi connectivity index (χ2v) is 2.25. The van der Waals surface area contributed by atoms with E-state index in [1.165, 1.54) is 5.57 Å². The summed E-state index contributed by atoms with van der Waals surface area (Å²) in [4.78, 5) is 0. The molecule has 10 heavy (non-hydrogen) atoms. The van der Waals surface area contributed by atoms with Gasteiger partial charge in [-0.3, -0.25) is 5.01 Å². The van der Waals surface area contributed by atoms with Crippen LogP contribution in [0.5, 0.6) is 0 Å². The van der Waals surface area contributed by atoms with Gasteiger partial charge in [0, 0.05) is 13.8 Å². The predicted molar refractivity (Wildman–Crippen MR) is 45.9 cm³/mol. The summed E-state index contributed by atoms with van der Waals surface area (Å²) in [5, 5.41) is 5.43. The molecular weight excluding hydrogens is 124 g/mol. The quantitative estimate of drug-likeness (QED) is 0.331. The van der Waals surface area contributed by atoms with Crippen LogP contribution in [0, 0.1) is 0 Å². The zero-order valence-electron chi connectivity index (χ0n) is 6.89. The number of nitrogens with zero attached hydrogens (tertiary/aromatic N) is 2. The fourth-order valence-corrected chi connectivity index (χ4v) is 0.736. The molecule has 0 aromatic rings. The fraction of sp³-hybridized carbons (Fsp3) is 0.375. The molecule has 56 valence electrons. The van der Waals surface area contributed by atoms with Gasteiger partial charge in [0.05, 0.1) is 5.70 Å². The summed E-state index contributed by atoms with van der Waals surface area (Å²) in [6, 6.07) is 0. The SMILES string of the molecule is C=CC(=C(C)C)N(C)N=C. The van der Waals surface area contributed by atoms with Gasteiger partial charge in [-0.2, -0.15) is 5.10 Å². The largest absolute Gasteiger partial charge is 0.269 e. The zero-order valence-corrected chi connectivity index (χ0v) is 6.89. The Labute approximate surface area is 62.5 Å². The second kappa shape index (κ2) is 3.88. The van der Waals surface area contributed by atoms with E-state index in [0.29, 0.717) is 0 Å². The van der Waals surface area contributed by atoms with Gasteiger partial charge < -0.3 is 0 Å². The molecule has 0 fully saturated rings. The highest BCUT2D eigenvalue weighted by molar-refractivity contribution is 5.26. The van der Waals surface area contributed by atoms with E-state index in [0.717, 1.165) is 5.70 Å². The van der Waals surface area contributed by atoms with Crippen LogP contribution >= 0.6 is 0 Å². The first-order valence-electron chi connectivity index (χ1n) is 3.13. The first kappa shape index (κ1) is 8.95. The van der Waals surface area contributed by atoms with Gasteiger partial charge >= 0.3 is 0 Å². The van der Waals surface area contributed by atoms with Crippen LogP contribution in [-0.2, 0) is 0 Å². The topological polar surface area (TPSA) is 15.6 Å². The first-order valence-corrected chi connectivity index (χ1v) is 3.13. The standard InChI is InChI=1S/C8H14N2/c1-6-8(7(2)3)10(5)9-4/h6H,1,4H2,2-3,5H3. The van der Waals surface area contributed by atoms with Crippen LogP contribution in [0.1, 0.15) is 13.8 Å². The number of hydrazone groups is 1. The van der Waals surface area contributed by atoms with Crippen LogP contribution in [-0.4, -0.2) is 18.8 Å². The van der Waals surface area contributed by atoms with E-state index in [1.807, 2.05) is 20.9 Å². The van der Waals surface area contributed by atoms with Gasteiger partial charge in [0.25, 0.3) is 0 Å². The molecule has 2 nitrogen and oxygen atoms in total. The van der Waals surface area contributed by atoms with E-state index in [9.17, 15) is 0 Å².